The van der Waals surface area contributed by atoms with Gasteiger partial charge >= 0.3 is 0 Å². The number of ether oxygens (including phenoxy) is 1. The Morgan fingerprint density at radius 2 is 2.25 bits per heavy atom. The predicted molar refractivity (Wildman–Crippen MR) is 64.1 cm³/mol. The van der Waals surface area contributed by atoms with Crippen LogP contribution in [0, 0.1) is 5.92 Å². The quantitative estimate of drug-likeness (QED) is 0.674. The molecular formula is C12H24N2O2. The molecule has 1 fully saturated rings. The van der Waals surface area contributed by atoms with Crippen LogP contribution in [0.5, 0.6) is 0 Å². The number of methoxy groups -OCH3 is 1. The molecule has 0 spiro atoms. The third kappa shape index (κ3) is 4.49. The number of rotatable bonds is 8. The van der Waals surface area contributed by atoms with Crippen LogP contribution >= 0.6 is 0 Å². The largest absolute Gasteiger partial charge is 0.385 e. The molecular weight excluding hydrogens is 204 g/mol. The fourth-order valence-corrected chi connectivity index (χ4v) is 1.78. The minimum atomic E-state index is -0.398. The van der Waals surface area contributed by atoms with E-state index in [-0.39, 0.29) is 5.91 Å². The van der Waals surface area contributed by atoms with Crippen LogP contribution in [0.25, 0.3) is 0 Å². The summed E-state index contributed by atoms with van der Waals surface area (Å²) in [6, 6.07) is -0.398. The zero-order valence-corrected chi connectivity index (χ0v) is 10.4. The van der Waals surface area contributed by atoms with Crippen molar-refractivity contribution in [2.45, 2.75) is 38.6 Å². The van der Waals surface area contributed by atoms with Crippen LogP contribution in [-0.4, -0.2) is 43.7 Å². The minimum Gasteiger partial charge on any atom is -0.385 e. The molecule has 1 aliphatic rings. The van der Waals surface area contributed by atoms with Crippen LogP contribution in [0.3, 0.4) is 0 Å². The lowest BCUT2D eigenvalue weighted by molar-refractivity contribution is -0.133. The third-order valence-corrected chi connectivity index (χ3v) is 2.93. The highest BCUT2D eigenvalue weighted by molar-refractivity contribution is 5.81. The number of carbonyl (C=O) groups excluding carboxylic acids is 1. The first-order chi connectivity index (χ1) is 7.69. The predicted octanol–water partition coefficient (Wildman–Crippen LogP) is 0.999. The Morgan fingerprint density at radius 3 is 2.75 bits per heavy atom. The standard InChI is InChI=1S/C12H24N2O2/c1-3-7-14(9-10-4-5-10)12(15)11(13)6-8-16-2/h10-11H,3-9,13H2,1-2H3. The molecule has 0 saturated heterocycles. The number of nitrogens with zero attached hydrogens (tertiary/aromatic N) is 1. The molecule has 4 heteroatoms. The van der Waals surface area contributed by atoms with E-state index < -0.39 is 6.04 Å². The van der Waals surface area contributed by atoms with Gasteiger partial charge in [-0.1, -0.05) is 6.92 Å². The maximum Gasteiger partial charge on any atom is 0.239 e. The second-order valence-corrected chi connectivity index (χ2v) is 4.62. The highest BCUT2D eigenvalue weighted by atomic mass is 16.5. The average Bonchev–Trinajstić information content (AvgIpc) is 3.08. The summed E-state index contributed by atoms with van der Waals surface area (Å²) in [4.78, 5) is 14.0. The topological polar surface area (TPSA) is 55.6 Å². The van der Waals surface area contributed by atoms with E-state index in [1.54, 1.807) is 7.11 Å². The second kappa shape index (κ2) is 6.86. The maximum absolute atomic E-state index is 12.0. The molecule has 0 aromatic rings. The molecule has 2 N–H and O–H groups in total. The van der Waals surface area contributed by atoms with Crippen LogP contribution in [-0.2, 0) is 9.53 Å². The van der Waals surface area contributed by atoms with E-state index in [4.69, 9.17) is 10.5 Å². The normalized spacial score (nSPS) is 17.2. The molecule has 0 aromatic carbocycles. The second-order valence-electron chi connectivity index (χ2n) is 4.62. The number of hydrogen-bond donors (Lipinski definition) is 1. The molecule has 1 saturated carbocycles. The molecule has 94 valence electrons. The van der Waals surface area contributed by atoms with Gasteiger partial charge in [-0.2, -0.15) is 0 Å². The lowest BCUT2D eigenvalue weighted by Crippen LogP contribution is -2.45. The molecule has 0 heterocycles. The van der Waals surface area contributed by atoms with E-state index in [0.717, 1.165) is 25.4 Å². The van der Waals surface area contributed by atoms with Crippen molar-refractivity contribution in [3.05, 3.63) is 0 Å². The van der Waals surface area contributed by atoms with Gasteiger partial charge < -0.3 is 15.4 Å². The summed E-state index contributed by atoms with van der Waals surface area (Å²) in [6.07, 6.45) is 4.14. The summed E-state index contributed by atoms with van der Waals surface area (Å²) in [5.41, 5.74) is 5.86. The van der Waals surface area contributed by atoms with Crippen molar-refractivity contribution >= 4 is 5.91 Å². The van der Waals surface area contributed by atoms with Gasteiger partial charge in [0.15, 0.2) is 0 Å². The number of carbonyl (C=O) groups is 1. The minimum absolute atomic E-state index is 0.0887. The molecule has 1 unspecified atom stereocenters. The molecule has 4 nitrogen and oxygen atoms in total. The van der Waals surface area contributed by atoms with Crippen LogP contribution < -0.4 is 5.73 Å². The summed E-state index contributed by atoms with van der Waals surface area (Å²) in [5, 5.41) is 0. The monoisotopic (exact) mass is 228 g/mol. The molecule has 1 atom stereocenters. The van der Waals surface area contributed by atoms with Gasteiger partial charge in [0.1, 0.15) is 0 Å². The first-order valence-corrected chi connectivity index (χ1v) is 6.22. The number of hydrogen-bond acceptors (Lipinski definition) is 3. The van der Waals surface area contributed by atoms with Crippen molar-refractivity contribution < 1.29 is 9.53 Å². The van der Waals surface area contributed by atoms with Gasteiger partial charge in [-0.05, 0) is 31.6 Å². The summed E-state index contributed by atoms with van der Waals surface area (Å²) in [5.74, 6) is 0.816. The number of nitrogens with two attached hydrogens (primary N) is 1. The SMILES string of the molecule is CCCN(CC1CC1)C(=O)C(N)CCOC. The van der Waals surface area contributed by atoms with Gasteiger partial charge in [0, 0.05) is 26.8 Å². The van der Waals surface area contributed by atoms with E-state index in [2.05, 4.69) is 6.92 Å². The molecule has 16 heavy (non-hydrogen) atoms. The van der Waals surface area contributed by atoms with E-state index >= 15 is 0 Å². The van der Waals surface area contributed by atoms with Gasteiger partial charge in [0.05, 0.1) is 6.04 Å². The van der Waals surface area contributed by atoms with Crippen molar-refractivity contribution in [1.29, 1.82) is 0 Å². The van der Waals surface area contributed by atoms with Crippen molar-refractivity contribution in [3.8, 4) is 0 Å². The maximum atomic E-state index is 12.0. The Balaban J connectivity index is 2.37. The fraction of sp³-hybridized carbons (Fsp3) is 0.917. The molecule has 0 aliphatic heterocycles. The Kier molecular flexibility index (Phi) is 5.77. The van der Waals surface area contributed by atoms with Crippen LogP contribution in [0.4, 0.5) is 0 Å². The van der Waals surface area contributed by atoms with E-state index in [1.165, 1.54) is 12.8 Å². The molecule has 0 radical (unpaired) electrons. The Morgan fingerprint density at radius 1 is 1.56 bits per heavy atom. The average molecular weight is 228 g/mol. The highest BCUT2D eigenvalue weighted by Crippen LogP contribution is 2.29. The van der Waals surface area contributed by atoms with Crippen molar-refractivity contribution in [2.24, 2.45) is 11.7 Å². The van der Waals surface area contributed by atoms with Crippen molar-refractivity contribution in [1.82, 2.24) is 4.90 Å². The smallest absolute Gasteiger partial charge is 0.239 e. The van der Waals surface area contributed by atoms with Gasteiger partial charge in [-0.25, -0.2) is 0 Å². The zero-order valence-electron chi connectivity index (χ0n) is 10.4. The van der Waals surface area contributed by atoms with Crippen molar-refractivity contribution in [3.63, 3.8) is 0 Å². The van der Waals surface area contributed by atoms with E-state index in [1.807, 2.05) is 4.90 Å². The molecule has 0 bridgehead atoms. The fourth-order valence-electron chi connectivity index (χ4n) is 1.78. The molecule has 0 aromatic heterocycles. The molecule has 1 aliphatic carbocycles. The molecule has 1 amide bonds. The molecule has 1 rings (SSSR count). The summed E-state index contributed by atoms with van der Waals surface area (Å²) < 4.78 is 4.95. The summed E-state index contributed by atoms with van der Waals surface area (Å²) in [6.45, 7) is 4.37. The Hall–Kier alpha value is -0.610. The summed E-state index contributed by atoms with van der Waals surface area (Å²) in [7, 11) is 1.63. The lowest BCUT2D eigenvalue weighted by atomic mass is 10.2. The van der Waals surface area contributed by atoms with Gasteiger partial charge in [-0.15, -0.1) is 0 Å². The number of amides is 1. The summed E-state index contributed by atoms with van der Waals surface area (Å²) >= 11 is 0. The van der Waals surface area contributed by atoms with Gasteiger partial charge in [0.2, 0.25) is 5.91 Å². The first kappa shape index (κ1) is 13.5. The van der Waals surface area contributed by atoms with E-state index in [0.29, 0.717) is 13.0 Å². The van der Waals surface area contributed by atoms with E-state index in [9.17, 15) is 4.79 Å². The highest BCUT2D eigenvalue weighted by Gasteiger charge is 2.28. The van der Waals surface area contributed by atoms with Crippen LogP contribution in [0.15, 0.2) is 0 Å². The lowest BCUT2D eigenvalue weighted by Gasteiger charge is -2.25. The Labute approximate surface area is 98.1 Å². The first-order valence-electron chi connectivity index (χ1n) is 6.22. The Bertz CT molecular complexity index is 217. The van der Waals surface area contributed by atoms with Crippen LogP contribution in [0.1, 0.15) is 32.6 Å². The third-order valence-electron chi connectivity index (χ3n) is 2.93. The van der Waals surface area contributed by atoms with Crippen LogP contribution in [0.2, 0.25) is 0 Å². The van der Waals surface area contributed by atoms with Gasteiger partial charge in [-0.3, -0.25) is 4.79 Å². The van der Waals surface area contributed by atoms with Gasteiger partial charge in [0.25, 0.3) is 0 Å². The van der Waals surface area contributed by atoms with Crippen molar-refractivity contribution in [2.75, 3.05) is 26.8 Å². The zero-order chi connectivity index (χ0) is 12.0.